The molecule has 0 aliphatic carbocycles. The lowest BCUT2D eigenvalue weighted by Crippen LogP contribution is -2.65. The maximum atomic E-state index is 13.4. The van der Waals surface area contributed by atoms with E-state index in [0.29, 0.717) is 12.8 Å². The van der Waals surface area contributed by atoms with Crippen molar-refractivity contribution in [2.75, 3.05) is 6.54 Å². The molecule has 204 valence electrons. The fourth-order valence-corrected chi connectivity index (χ4v) is 3.50. The molecule has 34 heavy (non-hydrogen) atoms. The Bertz CT molecular complexity index is 551. The number of amides is 1. The maximum Gasteiger partial charge on any atom is 0.460 e. The molecule has 0 spiro atoms. The van der Waals surface area contributed by atoms with Gasteiger partial charge in [-0.05, 0) is 6.42 Å². The van der Waals surface area contributed by atoms with Gasteiger partial charge in [0.05, 0.1) is 0 Å². The SMILES string of the molecule is CCCCCCCCCCCCCCCCCCNC(=O)C(F)(F)C(F)(F)C(F)(F)C(F)(F)F. The molecule has 0 fully saturated rings. The summed E-state index contributed by atoms with van der Waals surface area (Å²) in [6.45, 7) is 1.67. The summed E-state index contributed by atoms with van der Waals surface area (Å²) in [6, 6.07) is 0. The monoisotopic (exact) mass is 515 g/mol. The number of halogens is 9. The molecule has 2 nitrogen and oxygen atoms in total. The summed E-state index contributed by atoms with van der Waals surface area (Å²) in [4.78, 5) is 11.2. The van der Waals surface area contributed by atoms with E-state index in [1.165, 1.54) is 63.1 Å². The summed E-state index contributed by atoms with van der Waals surface area (Å²) < 4.78 is 115. The second-order valence-corrected chi connectivity index (χ2v) is 8.78. The number of unbranched alkanes of at least 4 members (excludes halogenated alkanes) is 15. The van der Waals surface area contributed by atoms with E-state index in [4.69, 9.17) is 0 Å². The third-order valence-corrected chi connectivity index (χ3v) is 5.75. The standard InChI is InChI=1S/C23H38F9NO/c1-2-3-4-5-6-7-8-9-10-11-12-13-14-15-16-17-18-33-19(34)20(24,25)21(26,27)22(28,29)23(30,31)32/h2-18H2,1H3,(H,33,34). The highest BCUT2D eigenvalue weighted by Crippen LogP contribution is 2.53. The van der Waals surface area contributed by atoms with E-state index in [0.717, 1.165) is 25.7 Å². The quantitative estimate of drug-likeness (QED) is 0.127. The van der Waals surface area contributed by atoms with Gasteiger partial charge < -0.3 is 5.32 Å². The number of alkyl halides is 9. The average Bonchev–Trinajstić information content (AvgIpc) is 2.74. The molecule has 1 amide bonds. The molecule has 0 atom stereocenters. The van der Waals surface area contributed by atoms with Gasteiger partial charge in [-0.3, -0.25) is 4.79 Å². The Balaban J connectivity index is 3.86. The highest BCUT2D eigenvalue weighted by Gasteiger charge is 2.83. The number of carbonyl (C=O) groups excluding carboxylic acids is 1. The van der Waals surface area contributed by atoms with Crippen molar-refractivity contribution in [1.29, 1.82) is 0 Å². The summed E-state index contributed by atoms with van der Waals surface area (Å²) in [5.41, 5.74) is 0. The Labute approximate surface area is 196 Å². The number of hydrogen-bond donors (Lipinski definition) is 1. The third kappa shape index (κ3) is 10.6. The fourth-order valence-electron chi connectivity index (χ4n) is 3.50. The first-order valence-electron chi connectivity index (χ1n) is 12.2. The van der Waals surface area contributed by atoms with Crippen LogP contribution in [-0.2, 0) is 4.79 Å². The molecule has 0 radical (unpaired) electrons. The number of nitrogens with one attached hydrogen (secondary N) is 1. The van der Waals surface area contributed by atoms with Gasteiger partial charge >= 0.3 is 23.9 Å². The predicted molar refractivity (Wildman–Crippen MR) is 113 cm³/mol. The summed E-state index contributed by atoms with van der Waals surface area (Å²) in [5.74, 6) is -23.1. The van der Waals surface area contributed by atoms with Crippen molar-refractivity contribution in [2.24, 2.45) is 0 Å². The van der Waals surface area contributed by atoms with Crippen molar-refractivity contribution in [2.45, 2.75) is 134 Å². The van der Waals surface area contributed by atoms with Gasteiger partial charge in [-0.1, -0.05) is 103 Å². The summed E-state index contributed by atoms with van der Waals surface area (Å²) in [5, 5.41) is 1.33. The van der Waals surface area contributed by atoms with Crippen molar-refractivity contribution in [1.82, 2.24) is 5.32 Å². The second-order valence-electron chi connectivity index (χ2n) is 8.78. The first-order valence-corrected chi connectivity index (χ1v) is 12.2. The molecular weight excluding hydrogens is 477 g/mol. The van der Waals surface area contributed by atoms with Crippen LogP contribution in [0.3, 0.4) is 0 Å². The summed E-state index contributed by atoms with van der Waals surface area (Å²) in [6.07, 6.45) is 9.72. The van der Waals surface area contributed by atoms with E-state index in [2.05, 4.69) is 6.92 Å². The van der Waals surface area contributed by atoms with Crippen LogP contribution >= 0.6 is 0 Å². The van der Waals surface area contributed by atoms with Crippen molar-refractivity contribution in [3.8, 4) is 0 Å². The highest BCUT2D eigenvalue weighted by molar-refractivity contribution is 5.84. The van der Waals surface area contributed by atoms with E-state index in [1.807, 2.05) is 0 Å². The van der Waals surface area contributed by atoms with Gasteiger partial charge in [0.1, 0.15) is 0 Å². The molecule has 0 aliphatic rings. The van der Waals surface area contributed by atoms with Gasteiger partial charge in [-0.2, -0.15) is 39.5 Å². The minimum atomic E-state index is -7.06. The summed E-state index contributed by atoms with van der Waals surface area (Å²) >= 11 is 0. The zero-order valence-electron chi connectivity index (χ0n) is 19.8. The minimum Gasteiger partial charge on any atom is -0.351 e. The van der Waals surface area contributed by atoms with Crippen LogP contribution in [0.15, 0.2) is 0 Å². The van der Waals surface area contributed by atoms with Crippen molar-refractivity contribution in [3.63, 3.8) is 0 Å². The molecule has 0 rings (SSSR count). The molecule has 0 aliphatic heterocycles. The van der Waals surface area contributed by atoms with Gasteiger partial charge in [-0.15, -0.1) is 0 Å². The number of hydrogen-bond acceptors (Lipinski definition) is 1. The van der Waals surface area contributed by atoms with Crippen LogP contribution in [0.1, 0.15) is 110 Å². The van der Waals surface area contributed by atoms with Crippen LogP contribution < -0.4 is 5.32 Å². The van der Waals surface area contributed by atoms with Crippen LogP contribution in [0.5, 0.6) is 0 Å². The zero-order chi connectivity index (χ0) is 26.3. The van der Waals surface area contributed by atoms with Gasteiger partial charge in [0.2, 0.25) is 0 Å². The Morgan fingerprint density at radius 3 is 1.18 bits per heavy atom. The average molecular weight is 516 g/mol. The molecule has 0 aromatic rings. The van der Waals surface area contributed by atoms with Crippen LogP contribution in [0.2, 0.25) is 0 Å². The molecule has 0 saturated carbocycles. The molecule has 11 heteroatoms. The lowest BCUT2D eigenvalue weighted by Gasteiger charge is -2.32. The normalized spacial score (nSPS) is 13.4. The molecule has 1 N–H and O–H groups in total. The molecule has 0 aromatic heterocycles. The largest absolute Gasteiger partial charge is 0.460 e. The molecule has 0 unspecified atom stereocenters. The smallest absolute Gasteiger partial charge is 0.351 e. The van der Waals surface area contributed by atoms with E-state index >= 15 is 0 Å². The van der Waals surface area contributed by atoms with Gasteiger partial charge in [0, 0.05) is 6.54 Å². The molecule has 0 aromatic carbocycles. The lowest BCUT2D eigenvalue weighted by atomic mass is 10.0. The lowest BCUT2D eigenvalue weighted by molar-refractivity contribution is -0.388. The first kappa shape index (κ1) is 32.8. The number of carbonyl (C=O) groups is 1. The third-order valence-electron chi connectivity index (χ3n) is 5.75. The van der Waals surface area contributed by atoms with E-state index in [-0.39, 0.29) is 6.42 Å². The minimum absolute atomic E-state index is 0.112. The first-order chi connectivity index (χ1) is 15.7. The Morgan fingerprint density at radius 1 is 0.529 bits per heavy atom. The van der Waals surface area contributed by atoms with Crippen LogP contribution in [0.4, 0.5) is 39.5 Å². The topological polar surface area (TPSA) is 29.1 Å². The Hall–Kier alpha value is -1.16. The van der Waals surface area contributed by atoms with Gasteiger partial charge in [0.25, 0.3) is 5.91 Å². The Morgan fingerprint density at radius 2 is 0.853 bits per heavy atom. The van der Waals surface area contributed by atoms with Gasteiger partial charge in [0.15, 0.2) is 0 Å². The zero-order valence-corrected chi connectivity index (χ0v) is 19.8. The molecular formula is C23H38F9NO. The predicted octanol–water partition coefficient (Wildman–Crippen LogP) is 8.83. The van der Waals surface area contributed by atoms with Crippen LogP contribution in [0, 0.1) is 0 Å². The summed E-state index contributed by atoms with van der Waals surface area (Å²) in [7, 11) is 0. The molecule has 0 heterocycles. The maximum absolute atomic E-state index is 13.4. The molecule has 0 bridgehead atoms. The van der Waals surface area contributed by atoms with E-state index < -0.39 is 36.4 Å². The fraction of sp³-hybridized carbons (Fsp3) is 0.957. The van der Waals surface area contributed by atoms with Crippen LogP contribution in [0.25, 0.3) is 0 Å². The number of rotatable bonds is 20. The highest BCUT2D eigenvalue weighted by atomic mass is 19.4. The van der Waals surface area contributed by atoms with Gasteiger partial charge in [-0.25, -0.2) is 0 Å². The van der Waals surface area contributed by atoms with Crippen molar-refractivity contribution < 1.29 is 44.3 Å². The second kappa shape index (κ2) is 15.8. The van der Waals surface area contributed by atoms with Crippen LogP contribution in [-0.4, -0.2) is 36.4 Å². The molecule has 0 saturated heterocycles. The van der Waals surface area contributed by atoms with E-state index in [1.54, 1.807) is 0 Å². The van der Waals surface area contributed by atoms with Crippen molar-refractivity contribution >= 4 is 5.91 Å². The Kier molecular flexibility index (Phi) is 15.2. The van der Waals surface area contributed by atoms with Crippen molar-refractivity contribution in [3.05, 3.63) is 0 Å². The van der Waals surface area contributed by atoms with E-state index in [9.17, 15) is 44.3 Å².